The average molecular weight is 273 g/mol. The Morgan fingerprint density at radius 3 is 3.00 bits per heavy atom. The molecule has 0 saturated heterocycles. The smallest absolute Gasteiger partial charge is 0.251 e. The molecule has 1 unspecified atom stereocenters. The van der Waals surface area contributed by atoms with Crippen LogP contribution in [0.4, 0.5) is 0 Å². The Morgan fingerprint density at radius 1 is 1.40 bits per heavy atom. The van der Waals surface area contributed by atoms with Gasteiger partial charge in [-0.05, 0) is 19.2 Å². The fourth-order valence-electron chi connectivity index (χ4n) is 2.11. The van der Waals surface area contributed by atoms with E-state index in [9.17, 15) is 4.79 Å². The molecule has 0 amide bonds. The van der Waals surface area contributed by atoms with Crippen molar-refractivity contribution in [3.05, 3.63) is 52.2 Å². The van der Waals surface area contributed by atoms with Crippen molar-refractivity contribution < 1.29 is 9.47 Å². The molecule has 2 heterocycles. The van der Waals surface area contributed by atoms with Gasteiger partial charge in [-0.25, -0.2) is 4.98 Å². The number of aromatic nitrogens is 2. The zero-order chi connectivity index (χ0) is 13.9. The van der Waals surface area contributed by atoms with E-state index in [4.69, 9.17) is 9.47 Å². The van der Waals surface area contributed by atoms with E-state index in [-0.39, 0.29) is 5.56 Å². The first-order chi connectivity index (χ1) is 9.76. The third kappa shape index (κ3) is 2.50. The number of ether oxygens (including phenoxy) is 2. The van der Waals surface area contributed by atoms with Gasteiger partial charge in [-0.15, -0.1) is 0 Å². The van der Waals surface area contributed by atoms with Gasteiger partial charge in [0.2, 0.25) is 0 Å². The SMILES string of the molecule is CNCc1cc(=O)[nH]c(C2COc3ccccc3O2)n1. The zero-order valence-electron chi connectivity index (χ0n) is 11.1. The van der Waals surface area contributed by atoms with Gasteiger partial charge in [-0.3, -0.25) is 4.79 Å². The van der Waals surface area contributed by atoms with Crippen molar-refractivity contribution in [1.82, 2.24) is 15.3 Å². The number of nitrogens with zero attached hydrogens (tertiary/aromatic N) is 1. The van der Waals surface area contributed by atoms with E-state index in [0.29, 0.717) is 36.2 Å². The van der Waals surface area contributed by atoms with Crippen molar-refractivity contribution in [1.29, 1.82) is 0 Å². The molecule has 3 rings (SSSR count). The molecule has 0 bridgehead atoms. The van der Waals surface area contributed by atoms with Gasteiger partial charge in [-0.1, -0.05) is 12.1 Å². The van der Waals surface area contributed by atoms with E-state index >= 15 is 0 Å². The van der Waals surface area contributed by atoms with Gasteiger partial charge in [0, 0.05) is 12.6 Å². The molecule has 1 aromatic carbocycles. The van der Waals surface area contributed by atoms with Gasteiger partial charge < -0.3 is 19.8 Å². The summed E-state index contributed by atoms with van der Waals surface area (Å²) in [7, 11) is 1.80. The Morgan fingerprint density at radius 2 is 2.20 bits per heavy atom. The van der Waals surface area contributed by atoms with Crippen LogP contribution in [-0.4, -0.2) is 23.6 Å². The number of hydrogen-bond acceptors (Lipinski definition) is 5. The van der Waals surface area contributed by atoms with Gasteiger partial charge in [0.05, 0.1) is 5.69 Å². The lowest BCUT2D eigenvalue weighted by molar-refractivity contribution is 0.0847. The minimum absolute atomic E-state index is 0.192. The molecule has 0 aliphatic carbocycles. The molecule has 0 spiro atoms. The van der Waals surface area contributed by atoms with E-state index in [1.807, 2.05) is 24.3 Å². The Hall–Kier alpha value is -2.34. The number of para-hydroxylation sites is 2. The van der Waals surface area contributed by atoms with Crippen LogP contribution in [0.15, 0.2) is 35.1 Å². The summed E-state index contributed by atoms with van der Waals surface area (Å²) < 4.78 is 11.5. The standard InChI is InChI=1S/C14H15N3O3/c1-15-7-9-6-13(18)17-14(16-9)12-8-19-10-4-2-3-5-11(10)20-12/h2-6,12,15H,7-8H2,1H3,(H,16,17,18). The van der Waals surface area contributed by atoms with Gasteiger partial charge in [0.1, 0.15) is 6.61 Å². The molecule has 6 nitrogen and oxygen atoms in total. The number of aromatic amines is 1. The average Bonchev–Trinajstić information content (AvgIpc) is 2.46. The second-order valence-electron chi connectivity index (χ2n) is 4.52. The van der Waals surface area contributed by atoms with E-state index in [1.54, 1.807) is 7.05 Å². The molecule has 104 valence electrons. The van der Waals surface area contributed by atoms with Crippen molar-refractivity contribution in [2.75, 3.05) is 13.7 Å². The quantitative estimate of drug-likeness (QED) is 0.872. The summed E-state index contributed by atoms with van der Waals surface area (Å²) in [5.74, 6) is 1.85. The summed E-state index contributed by atoms with van der Waals surface area (Å²) in [4.78, 5) is 18.8. The second-order valence-corrected chi connectivity index (χ2v) is 4.52. The number of hydrogen-bond donors (Lipinski definition) is 2. The molecule has 2 N–H and O–H groups in total. The van der Waals surface area contributed by atoms with Crippen molar-refractivity contribution in [2.45, 2.75) is 12.6 Å². The van der Waals surface area contributed by atoms with Crippen LogP contribution in [0.5, 0.6) is 11.5 Å². The fraction of sp³-hybridized carbons (Fsp3) is 0.286. The highest BCUT2D eigenvalue weighted by molar-refractivity contribution is 5.41. The van der Waals surface area contributed by atoms with Crippen LogP contribution in [-0.2, 0) is 6.54 Å². The van der Waals surface area contributed by atoms with Crippen LogP contribution in [0.25, 0.3) is 0 Å². The van der Waals surface area contributed by atoms with Crippen molar-refractivity contribution in [3.63, 3.8) is 0 Å². The van der Waals surface area contributed by atoms with Crippen molar-refractivity contribution >= 4 is 0 Å². The predicted molar refractivity (Wildman–Crippen MR) is 72.9 cm³/mol. The van der Waals surface area contributed by atoms with E-state index in [2.05, 4.69) is 15.3 Å². The highest BCUT2D eigenvalue weighted by Gasteiger charge is 2.24. The first-order valence-corrected chi connectivity index (χ1v) is 6.39. The molecule has 2 aromatic rings. The minimum atomic E-state index is -0.408. The summed E-state index contributed by atoms with van der Waals surface area (Å²) >= 11 is 0. The predicted octanol–water partition coefficient (Wildman–Crippen LogP) is 1.00. The first-order valence-electron chi connectivity index (χ1n) is 6.39. The van der Waals surface area contributed by atoms with E-state index in [1.165, 1.54) is 6.07 Å². The van der Waals surface area contributed by atoms with Crippen molar-refractivity contribution in [2.24, 2.45) is 0 Å². The van der Waals surface area contributed by atoms with Gasteiger partial charge in [0.15, 0.2) is 23.4 Å². The number of rotatable bonds is 3. The zero-order valence-corrected chi connectivity index (χ0v) is 11.1. The summed E-state index contributed by atoms with van der Waals surface area (Å²) in [6.07, 6.45) is -0.408. The van der Waals surface area contributed by atoms with Gasteiger partial charge in [0.25, 0.3) is 5.56 Å². The van der Waals surface area contributed by atoms with Crippen LogP contribution in [0, 0.1) is 0 Å². The maximum Gasteiger partial charge on any atom is 0.251 e. The highest BCUT2D eigenvalue weighted by Crippen LogP contribution is 2.34. The molecule has 1 aromatic heterocycles. The molecule has 6 heteroatoms. The first kappa shape index (κ1) is 12.7. The molecule has 1 atom stereocenters. The second kappa shape index (κ2) is 5.34. The molecular formula is C14H15N3O3. The highest BCUT2D eigenvalue weighted by atomic mass is 16.6. The lowest BCUT2D eigenvalue weighted by Gasteiger charge is -2.25. The number of H-pyrrole nitrogens is 1. The molecule has 1 aliphatic heterocycles. The molecule has 20 heavy (non-hydrogen) atoms. The number of nitrogens with one attached hydrogen (secondary N) is 2. The van der Waals surface area contributed by atoms with Crippen molar-refractivity contribution in [3.8, 4) is 11.5 Å². The number of benzene rings is 1. The maximum absolute atomic E-state index is 11.7. The van der Waals surface area contributed by atoms with E-state index < -0.39 is 6.10 Å². The van der Waals surface area contributed by atoms with Gasteiger partial charge in [-0.2, -0.15) is 0 Å². The summed E-state index contributed by atoms with van der Waals surface area (Å²) in [5.41, 5.74) is 0.483. The molecule has 0 saturated carbocycles. The van der Waals surface area contributed by atoms with Crippen LogP contribution in [0.1, 0.15) is 17.6 Å². The molecule has 0 radical (unpaired) electrons. The number of fused-ring (bicyclic) bond motifs is 1. The Kier molecular flexibility index (Phi) is 3.39. The summed E-state index contributed by atoms with van der Waals surface area (Å²) in [6.45, 7) is 0.851. The third-order valence-electron chi connectivity index (χ3n) is 2.98. The Balaban J connectivity index is 1.89. The topological polar surface area (TPSA) is 76.2 Å². The molecule has 0 fully saturated rings. The van der Waals surface area contributed by atoms with Crippen LogP contribution in [0.2, 0.25) is 0 Å². The molecular weight excluding hydrogens is 258 g/mol. The minimum Gasteiger partial charge on any atom is -0.485 e. The summed E-state index contributed by atoms with van der Waals surface area (Å²) in [5, 5.41) is 2.97. The lowest BCUT2D eigenvalue weighted by Crippen LogP contribution is -2.27. The third-order valence-corrected chi connectivity index (χ3v) is 2.98. The monoisotopic (exact) mass is 273 g/mol. The Labute approximate surface area is 115 Å². The largest absolute Gasteiger partial charge is 0.485 e. The van der Waals surface area contributed by atoms with Crippen LogP contribution < -0.4 is 20.3 Å². The van der Waals surface area contributed by atoms with Gasteiger partial charge >= 0.3 is 0 Å². The normalized spacial score (nSPS) is 16.9. The fourth-order valence-corrected chi connectivity index (χ4v) is 2.11. The lowest BCUT2D eigenvalue weighted by atomic mass is 10.2. The summed E-state index contributed by atoms with van der Waals surface area (Å²) in [6, 6.07) is 8.90. The van der Waals surface area contributed by atoms with Crippen LogP contribution in [0.3, 0.4) is 0 Å². The maximum atomic E-state index is 11.7. The van der Waals surface area contributed by atoms with E-state index in [0.717, 1.165) is 0 Å². The van der Waals surface area contributed by atoms with Crippen LogP contribution >= 0.6 is 0 Å². The Bertz CT molecular complexity index is 669. The molecule has 1 aliphatic rings.